The Labute approximate surface area is 114 Å². The van der Waals surface area contributed by atoms with Crippen molar-refractivity contribution in [3.63, 3.8) is 0 Å². The summed E-state index contributed by atoms with van der Waals surface area (Å²) in [6.07, 6.45) is 5.25. The Kier molecular flexibility index (Phi) is 4.32. The van der Waals surface area contributed by atoms with Gasteiger partial charge in [-0.25, -0.2) is 9.59 Å². The Morgan fingerprint density at radius 2 is 1.95 bits per heavy atom. The standard InChI is InChI=1S/C14H24N2O3/c1-3-9(2)12(13(17)18)15-14(19)16(11-6-7-11)8-10-4-5-10/h9-12H,3-8H2,1-2H3,(H,15,19)(H,17,18). The van der Waals surface area contributed by atoms with Crippen molar-refractivity contribution in [3.8, 4) is 0 Å². The van der Waals surface area contributed by atoms with Crippen molar-refractivity contribution < 1.29 is 14.7 Å². The third kappa shape index (κ3) is 3.85. The van der Waals surface area contributed by atoms with E-state index in [2.05, 4.69) is 5.32 Å². The summed E-state index contributed by atoms with van der Waals surface area (Å²) in [5, 5.41) is 11.9. The van der Waals surface area contributed by atoms with Crippen LogP contribution >= 0.6 is 0 Å². The van der Waals surface area contributed by atoms with Gasteiger partial charge in [0.1, 0.15) is 6.04 Å². The Balaban J connectivity index is 1.93. The van der Waals surface area contributed by atoms with Crippen LogP contribution in [0.1, 0.15) is 46.0 Å². The quantitative estimate of drug-likeness (QED) is 0.742. The Morgan fingerprint density at radius 3 is 2.37 bits per heavy atom. The van der Waals surface area contributed by atoms with Gasteiger partial charge in [0.05, 0.1) is 0 Å². The normalized spacial score (nSPS) is 21.6. The molecule has 2 aliphatic rings. The zero-order valence-electron chi connectivity index (χ0n) is 11.8. The summed E-state index contributed by atoms with van der Waals surface area (Å²) in [6, 6.07) is -0.632. The Bertz CT molecular complexity index is 351. The lowest BCUT2D eigenvalue weighted by atomic mass is 9.99. The molecule has 2 unspecified atom stereocenters. The molecule has 2 aliphatic carbocycles. The average molecular weight is 268 g/mol. The summed E-state index contributed by atoms with van der Waals surface area (Å²) < 4.78 is 0. The average Bonchev–Trinajstić information content (AvgIpc) is 3.24. The predicted octanol–water partition coefficient (Wildman–Crippen LogP) is 2.07. The number of hydrogen-bond donors (Lipinski definition) is 2. The number of rotatable bonds is 7. The van der Waals surface area contributed by atoms with Crippen molar-refractivity contribution in [2.45, 2.75) is 58.0 Å². The first-order chi connectivity index (χ1) is 9.02. The molecule has 0 saturated heterocycles. The number of carboxylic acids is 1. The van der Waals surface area contributed by atoms with Crippen LogP contribution in [0.2, 0.25) is 0 Å². The second-order valence-electron chi connectivity index (χ2n) is 5.98. The molecule has 2 saturated carbocycles. The molecule has 5 heteroatoms. The van der Waals surface area contributed by atoms with Crippen molar-refractivity contribution in [2.75, 3.05) is 6.54 Å². The van der Waals surface area contributed by atoms with Crippen LogP contribution < -0.4 is 5.32 Å². The molecule has 0 radical (unpaired) electrons. The van der Waals surface area contributed by atoms with E-state index in [1.165, 1.54) is 12.8 Å². The second kappa shape index (κ2) is 5.80. The molecule has 19 heavy (non-hydrogen) atoms. The van der Waals surface area contributed by atoms with Gasteiger partial charge >= 0.3 is 12.0 Å². The first kappa shape index (κ1) is 14.2. The third-order valence-corrected chi connectivity index (χ3v) is 4.16. The van der Waals surface area contributed by atoms with Gasteiger partial charge in [0.2, 0.25) is 0 Å². The molecule has 2 atom stereocenters. The molecule has 2 fully saturated rings. The zero-order chi connectivity index (χ0) is 14.0. The van der Waals surface area contributed by atoms with Crippen molar-refractivity contribution in [1.29, 1.82) is 0 Å². The maximum atomic E-state index is 12.3. The summed E-state index contributed by atoms with van der Waals surface area (Å²) in [7, 11) is 0. The molecule has 0 aromatic carbocycles. The van der Waals surface area contributed by atoms with Gasteiger partial charge in [-0.2, -0.15) is 0 Å². The lowest BCUT2D eigenvalue weighted by Crippen LogP contribution is -2.51. The number of aliphatic carboxylic acids is 1. The Morgan fingerprint density at radius 1 is 1.32 bits per heavy atom. The molecule has 2 rings (SSSR count). The molecule has 0 aromatic rings. The highest BCUT2D eigenvalue weighted by Crippen LogP contribution is 2.34. The van der Waals surface area contributed by atoms with E-state index in [-0.39, 0.29) is 11.9 Å². The van der Waals surface area contributed by atoms with Crippen LogP contribution in [0.25, 0.3) is 0 Å². The fourth-order valence-electron chi connectivity index (χ4n) is 2.26. The smallest absolute Gasteiger partial charge is 0.326 e. The van der Waals surface area contributed by atoms with Crippen LogP contribution in [0.15, 0.2) is 0 Å². The molecule has 0 heterocycles. The number of carbonyl (C=O) groups is 2. The number of hydrogen-bond acceptors (Lipinski definition) is 2. The van der Waals surface area contributed by atoms with Gasteiger partial charge in [0.15, 0.2) is 0 Å². The van der Waals surface area contributed by atoms with Crippen LogP contribution in [0.3, 0.4) is 0 Å². The maximum absolute atomic E-state index is 12.3. The van der Waals surface area contributed by atoms with Gasteiger partial charge in [0, 0.05) is 12.6 Å². The molecule has 2 N–H and O–H groups in total. The lowest BCUT2D eigenvalue weighted by molar-refractivity contribution is -0.140. The van der Waals surface area contributed by atoms with Crippen LogP contribution in [0, 0.1) is 11.8 Å². The number of carboxylic acid groups (broad SMARTS) is 1. The van der Waals surface area contributed by atoms with Gasteiger partial charge in [-0.1, -0.05) is 20.3 Å². The van der Waals surface area contributed by atoms with Gasteiger partial charge in [-0.3, -0.25) is 0 Å². The second-order valence-corrected chi connectivity index (χ2v) is 5.98. The van der Waals surface area contributed by atoms with Crippen LogP contribution in [0.5, 0.6) is 0 Å². The van der Waals surface area contributed by atoms with E-state index in [0.717, 1.165) is 25.8 Å². The Hall–Kier alpha value is -1.26. The molecule has 2 amide bonds. The summed E-state index contributed by atoms with van der Waals surface area (Å²) in [6.45, 7) is 4.60. The van der Waals surface area contributed by atoms with E-state index < -0.39 is 12.0 Å². The number of nitrogens with zero attached hydrogens (tertiary/aromatic N) is 1. The predicted molar refractivity (Wildman–Crippen MR) is 71.9 cm³/mol. The van der Waals surface area contributed by atoms with E-state index >= 15 is 0 Å². The van der Waals surface area contributed by atoms with Crippen molar-refractivity contribution in [2.24, 2.45) is 11.8 Å². The van der Waals surface area contributed by atoms with Crippen molar-refractivity contribution >= 4 is 12.0 Å². The first-order valence-electron chi connectivity index (χ1n) is 7.32. The van der Waals surface area contributed by atoms with Gasteiger partial charge < -0.3 is 15.3 Å². The molecular formula is C14H24N2O3. The molecule has 0 aliphatic heterocycles. The highest BCUT2D eigenvalue weighted by Gasteiger charge is 2.38. The van der Waals surface area contributed by atoms with Crippen LogP contribution in [0.4, 0.5) is 4.79 Å². The van der Waals surface area contributed by atoms with E-state index in [1.54, 1.807) is 0 Å². The molecule has 5 nitrogen and oxygen atoms in total. The molecule has 0 aromatic heterocycles. The van der Waals surface area contributed by atoms with E-state index in [1.807, 2.05) is 18.7 Å². The fraction of sp³-hybridized carbons (Fsp3) is 0.857. The SMILES string of the molecule is CCC(C)C(NC(=O)N(CC1CC1)C1CC1)C(=O)O. The van der Waals surface area contributed by atoms with Gasteiger partial charge in [-0.05, 0) is 37.5 Å². The van der Waals surface area contributed by atoms with E-state index in [9.17, 15) is 14.7 Å². The lowest BCUT2D eigenvalue weighted by Gasteiger charge is -2.27. The number of amides is 2. The molecular weight excluding hydrogens is 244 g/mol. The summed E-state index contributed by atoms with van der Waals surface area (Å²) in [5.41, 5.74) is 0. The summed E-state index contributed by atoms with van der Waals surface area (Å²) in [5.74, 6) is -0.355. The third-order valence-electron chi connectivity index (χ3n) is 4.16. The molecule has 0 spiro atoms. The maximum Gasteiger partial charge on any atom is 0.326 e. The van der Waals surface area contributed by atoms with Gasteiger partial charge in [0.25, 0.3) is 0 Å². The fourth-order valence-corrected chi connectivity index (χ4v) is 2.26. The minimum Gasteiger partial charge on any atom is -0.480 e. The van der Waals surface area contributed by atoms with E-state index in [4.69, 9.17) is 0 Å². The van der Waals surface area contributed by atoms with Crippen molar-refractivity contribution in [3.05, 3.63) is 0 Å². The summed E-state index contributed by atoms with van der Waals surface area (Å²) in [4.78, 5) is 25.4. The first-order valence-corrected chi connectivity index (χ1v) is 7.32. The number of urea groups is 1. The zero-order valence-corrected chi connectivity index (χ0v) is 11.8. The topological polar surface area (TPSA) is 69.6 Å². The summed E-state index contributed by atoms with van der Waals surface area (Å²) >= 11 is 0. The highest BCUT2D eigenvalue weighted by molar-refractivity contribution is 5.83. The minimum absolute atomic E-state index is 0.0524. The molecule has 0 bridgehead atoms. The largest absolute Gasteiger partial charge is 0.480 e. The monoisotopic (exact) mass is 268 g/mol. The van der Waals surface area contributed by atoms with Crippen molar-refractivity contribution in [1.82, 2.24) is 10.2 Å². The van der Waals surface area contributed by atoms with Gasteiger partial charge in [-0.15, -0.1) is 0 Å². The number of nitrogens with one attached hydrogen (secondary N) is 1. The van der Waals surface area contributed by atoms with Crippen LogP contribution in [-0.4, -0.2) is 40.6 Å². The van der Waals surface area contributed by atoms with Crippen LogP contribution in [-0.2, 0) is 4.79 Å². The highest BCUT2D eigenvalue weighted by atomic mass is 16.4. The minimum atomic E-state index is -0.940. The number of carbonyl (C=O) groups excluding carboxylic acids is 1. The van der Waals surface area contributed by atoms with E-state index in [0.29, 0.717) is 12.0 Å². The molecule has 108 valence electrons.